The van der Waals surface area contributed by atoms with Gasteiger partial charge in [0.25, 0.3) is 0 Å². The molecule has 2 fully saturated rings. The van der Waals surface area contributed by atoms with Crippen LogP contribution in [0.5, 0.6) is 0 Å². The first-order valence-corrected chi connectivity index (χ1v) is 8.16. The van der Waals surface area contributed by atoms with Gasteiger partial charge in [0.2, 0.25) is 0 Å². The van der Waals surface area contributed by atoms with E-state index in [4.69, 9.17) is 11.6 Å². The van der Waals surface area contributed by atoms with Crippen molar-refractivity contribution in [1.82, 2.24) is 5.32 Å². The standard InChI is InChI=1S/C17H25ClN2/c1-16(2)12-20(15-8-6-7-14(18)11-15)13-17(19-16)9-4-3-5-10-17/h6-8,11,19H,3-5,9-10,12-13H2,1-2H3. The third-order valence-electron chi connectivity index (χ3n) is 4.67. The van der Waals surface area contributed by atoms with Crippen molar-refractivity contribution >= 4 is 17.3 Å². The molecule has 1 N–H and O–H groups in total. The number of hydrogen-bond acceptors (Lipinski definition) is 2. The van der Waals surface area contributed by atoms with Crippen LogP contribution in [0.1, 0.15) is 46.0 Å². The maximum atomic E-state index is 6.17. The van der Waals surface area contributed by atoms with E-state index < -0.39 is 0 Å². The van der Waals surface area contributed by atoms with Gasteiger partial charge in [-0.3, -0.25) is 0 Å². The van der Waals surface area contributed by atoms with Crippen molar-refractivity contribution in [3.05, 3.63) is 29.3 Å². The fourth-order valence-electron chi connectivity index (χ4n) is 4.06. The molecule has 2 aliphatic rings. The van der Waals surface area contributed by atoms with Gasteiger partial charge in [0.1, 0.15) is 0 Å². The highest BCUT2D eigenvalue weighted by molar-refractivity contribution is 6.30. The molecule has 1 saturated heterocycles. The summed E-state index contributed by atoms with van der Waals surface area (Å²) in [6, 6.07) is 8.29. The average molecular weight is 293 g/mol. The van der Waals surface area contributed by atoms with E-state index in [-0.39, 0.29) is 5.54 Å². The zero-order valence-corrected chi connectivity index (χ0v) is 13.3. The van der Waals surface area contributed by atoms with Gasteiger partial charge in [0, 0.05) is 34.9 Å². The van der Waals surface area contributed by atoms with Gasteiger partial charge in [0.15, 0.2) is 0 Å². The largest absolute Gasteiger partial charge is 0.368 e. The van der Waals surface area contributed by atoms with E-state index in [1.165, 1.54) is 37.8 Å². The third-order valence-corrected chi connectivity index (χ3v) is 4.90. The molecule has 1 saturated carbocycles. The van der Waals surface area contributed by atoms with Gasteiger partial charge in [-0.15, -0.1) is 0 Å². The average Bonchev–Trinajstić information content (AvgIpc) is 2.37. The molecule has 20 heavy (non-hydrogen) atoms. The molecule has 3 heteroatoms. The lowest BCUT2D eigenvalue weighted by molar-refractivity contribution is 0.146. The van der Waals surface area contributed by atoms with Gasteiger partial charge < -0.3 is 10.2 Å². The van der Waals surface area contributed by atoms with Crippen LogP contribution in [0.4, 0.5) is 5.69 Å². The zero-order chi connectivity index (χ0) is 14.2. The fourth-order valence-corrected chi connectivity index (χ4v) is 4.25. The van der Waals surface area contributed by atoms with Crippen LogP contribution in [0, 0.1) is 0 Å². The van der Waals surface area contributed by atoms with Crippen LogP contribution in [0.25, 0.3) is 0 Å². The van der Waals surface area contributed by atoms with Gasteiger partial charge in [-0.2, -0.15) is 0 Å². The first-order chi connectivity index (χ1) is 9.48. The molecule has 0 radical (unpaired) electrons. The molecule has 1 aromatic carbocycles. The highest BCUT2D eigenvalue weighted by atomic mass is 35.5. The van der Waals surface area contributed by atoms with Gasteiger partial charge in [-0.25, -0.2) is 0 Å². The summed E-state index contributed by atoms with van der Waals surface area (Å²) in [5.41, 5.74) is 1.71. The topological polar surface area (TPSA) is 15.3 Å². The highest BCUT2D eigenvalue weighted by Gasteiger charge is 2.43. The quantitative estimate of drug-likeness (QED) is 0.833. The Morgan fingerprint density at radius 1 is 1.10 bits per heavy atom. The van der Waals surface area contributed by atoms with Crippen LogP contribution >= 0.6 is 11.6 Å². The molecule has 1 spiro atoms. The maximum Gasteiger partial charge on any atom is 0.0426 e. The van der Waals surface area contributed by atoms with Crippen molar-refractivity contribution in [2.45, 2.75) is 57.0 Å². The van der Waals surface area contributed by atoms with Gasteiger partial charge in [0.05, 0.1) is 0 Å². The van der Waals surface area contributed by atoms with Crippen molar-refractivity contribution in [1.29, 1.82) is 0 Å². The molecule has 1 aliphatic carbocycles. The first-order valence-electron chi connectivity index (χ1n) is 7.78. The highest BCUT2D eigenvalue weighted by Crippen LogP contribution is 2.36. The SMILES string of the molecule is CC1(C)CN(c2cccc(Cl)c2)CC2(CCCCC2)N1. The predicted molar refractivity (Wildman–Crippen MR) is 86.7 cm³/mol. The lowest BCUT2D eigenvalue weighted by Crippen LogP contribution is -2.69. The van der Waals surface area contributed by atoms with Crippen molar-refractivity contribution in [2.24, 2.45) is 0 Å². The molecule has 0 bridgehead atoms. The second-order valence-electron chi connectivity index (χ2n) is 7.19. The summed E-state index contributed by atoms with van der Waals surface area (Å²) in [4.78, 5) is 2.52. The fraction of sp³-hybridized carbons (Fsp3) is 0.647. The smallest absolute Gasteiger partial charge is 0.0426 e. The number of anilines is 1. The Kier molecular flexibility index (Phi) is 3.72. The van der Waals surface area contributed by atoms with E-state index in [0.717, 1.165) is 18.1 Å². The second kappa shape index (κ2) is 5.23. The molecule has 1 aliphatic heterocycles. The predicted octanol–water partition coefficient (Wildman–Crippen LogP) is 4.23. The molecule has 0 amide bonds. The summed E-state index contributed by atoms with van der Waals surface area (Å²) in [6.07, 6.45) is 6.70. The van der Waals surface area contributed by atoms with Gasteiger partial charge >= 0.3 is 0 Å². The molecule has 1 heterocycles. The molecule has 0 aromatic heterocycles. The lowest BCUT2D eigenvalue weighted by atomic mass is 9.77. The molecule has 2 nitrogen and oxygen atoms in total. The van der Waals surface area contributed by atoms with E-state index >= 15 is 0 Å². The number of hydrogen-bond donors (Lipinski definition) is 1. The lowest BCUT2D eigenvalue weighted by Gasteiger charge is -2.53. The van der Waals surface area contributed by atoms with E-state index in [9.17, 15) is 0 Å². The minimum Gasteiger partial charge on any atom is -0.368 e. The number of benzene rings is 1. The Balaban J connectivity index is 1.87. The summed E-state index contributed by atoms with van der Waals surface area (Å²) in [6.45, 7) is 6.78. The number of nitrogens with one attached hydrogen (secondary N) is 1. The number of nitrogens with zero attached hydrogens (tertiary/aromatic N) is 1. The molecule has 3 rings (SSSR count). The summed E-state index contributed by atoms with van der Waals surface area (Å²) in [7, 11) is 0. The third kappa shape index (κ3) is 2.96. The Morgan fingerprint density at radius 3 is 2.55 bits per heavy atom. The minimum absolute atomic E-state index is 0.151. The minimum atomic E-state index is 0.151. The van der Waals surface area contributed by atoms with E-state index in [1.807, 2.05) is 6.07 Å². The van der Waals surface area contributed by atoms with Crippen LogP contribution in [-0.4, -0.2) is 24.2 Å². The van der Waals surface area contributed by atoms with Crippen LogP contribution < -0.4 is 10.2 Å². The Labute approximate surface area is 127 Å². The Hall–Kier alpha value is -0.730. The molecular weight excluding hydrogens is 268 g/mol. The number of rotatable bonds is 1. The monoisotopic (exact) mass is 292 g/mol. The van der Waals surface area contributed by atoms with E-state index in [1.54, 1.807) is 0 Å². The molecule has 1 aromatic rings. The van der Waals surface area contributed by atoms with E-state index in [0.29, 0.717) is 5.54 Å². The Bertz CT molecular complexity index is 478. The number of halogens is 1. The molecular formula is C17H25ClN2. The van der Waals surface area contributed by atoms with Crippen LogP contribution in [0.15, 0.2) is 24.3 Å². The Morgan fingerprint density at radius 2 is 1.85 bits per heavy atom. The van der Waals surface area contributed by atoms with Crippen molar-refractivity contribution in [3.8, 4) is 0 Å². The maximum absolute atomic E-state index is 6.17. The van der Waals surface area contributed by atoms with Crippen molar-refractivity contribution in [2.75, 3.05) is 18.0 Å². The molecule has 0 atom stereocenters. The van der Waals surface area contributed by atoms with Gasteiger partial charge in [-0.1, -0.05) is 36.9 Å². The van der Waals surface area contributed by atoms with Crippen LogP contribution in [0.3, 0.4) is 0 Å². The van der Waals surface area contributed by atoms with E-state index in [2.05, 4.69) is 42.3 Å². The van der Waals surface area contributed by atoms with Crippen LogP contribution in [-0.2, 0) is 0 Å². The summed E-state index contributed by atoms with van der Waals surface area (Å²) in [5.74, 6) is 0. The van der Waals surface area contributed by atoms with Gasteiger partial charge in [-0.05, 0) is 44.9 Å². The van der Waals surface area contributed by atoms with Crippen molar-refractivity contribution < 1.29 is 0 Å². The molecule has 0 unspecified atom stereocenters. The summed E-state index contributed by atoms with van der Waals surface area (Å²) < 4.78 is 0. The van der Waals surface area contributed by atoms with Crippen LogP contribution in [0.2, 0.25) is 5.02 Å². The second-order valence-corrected chi connectivity index (χ2v) is 7.62. The number of piperazine rings is 1. The van der Waals surface area contributed by atoms with Crippen molar-refractivity contribution in [3.63, 3.8) is 0 Å². The molecule has 110 valence electrons. The normalized spacial score (nSPS) is 24.9. The zero-order valence-electron chi connectivity index (χ0n) is 12.6. The summed E-state index contributed by atoms with van der Waals surface area (Å²) in [5, 5.41) is 4.78. The summed E-state index contributed by atoms with van der Waals surface area (Å²) >= 11 is 6.17. The first kappa shape index (κ1) is 14.2.